The van der Waals surface area contributed by atoms with Crippen molar-refractivity contribution in [1.82, 2.24) is 14.9 Å². The van der Waals surface area contributed by atoms with Gasteiger partial charge in [-0.1, -0.05) is 6.07 Å². The van der Waals surface area contributed by atoms with Crippen molar-refractivity contribution in [1.29, 1.82) is 0 Å². The Bertz CT molecular complexity index is 1180. The van der Waals surface area contributed by atoms with Gasteiger partial charge in [0.2, 0.25) is 5.91 Å². The Labute approximate surface area is 211 Å². The summed E-state index contributed by atoms with van der Waals surface area (Å²) in [6.45, 7) is 5.68. The number of benzene rings is 1. The molecule has 0 bridgehead atoms. The zero-order valence-electron chi connectivity index (χ0n) is 20.4. The Morgan fingerprint density at radius 3 is 2.57 bits per heavy atom. The molecule has 0 aliphatic carbocycles. The summed E-state index contributed by atoms with van der Waals surface area (Å²) < 4.78 is 12.5. The molecule has 1 saturated heterocycles. The number of hydrogen-bond donors (Lipinski definition) is 2. The molecule has 35 heavy (non-hydrogen) atoms. The van der Waals surface area contributed by atoms with Crippen LogP contribution in [-0.4, -0.2) is 48.0 Å². The van der Waals surface area contributed by atoms with Crippen LogP contribution in [0.15, 0.2) is 54.7 Å². The van der Waals surface area contributed by atoms with Crippen LogP contribution in [-0.2, 0) is 20.8 Å². The molecular formula is C26H31N5O3S. The zero-order valence-corrected chi connectivity index (χ0v) is 21.3. The van der Waals surface area contributed by atoms with E-state index in [2.05, 4.69) is 45.0 Å². The first-order valence-corrected chi connectivity index (χ1v) is 11.9. The fourth-order valence-corrected chi connectivity index (χ4v) is 4.98. The number of carbonyl (C=O) groups is 1. The SMILES string of the molecule is COCCn1c(C)cc(C2C(c3ccccn3)NC(=S)N2c2ccc(NC(=O)COC)cc2)c1C. The standard InChI is InChI=1S/C26H31N5O3S/c1-17-15-21(18(2)30(17)13-14-33-3)25-24(22-7-5-6-12-27-22)29-26(35)31(25)20-10-8-19(9-11-20)28-23(32)16-34-4/h5-12,15,24-25H,13-14,16H2,1-4H3,(H,28,32)(H,29,35). The number of aromatic nitrogens is 2. The Morgan fingerprint density at radius 1 is 1.14 bits per heavy atom. The van der Waals surface area contributed by atoms with Crippen LogP contribution in [0.25, 0.3) is 0 Å². The van der Waals surface area contributed by atoms with Gasteiger partial charge in [0.1, 0.15) is 6.61 Å². The molecule has 0 radical (unpaired) electrons. The van der Waals surface area contributed by atoms with E-state index in [1.54, 1.807) is 13.3 Å². The molecule has 4 rings (SSSR count). The van der Waals surface area contributed by atoms with E-state index in [0.717, 1.165) is 17.9 Å². The average Bonchev–Trinajstić information content (AvgIpc) is 3.34. The maximum atomic E-state index is 11.9. The lowest BCUT2D eigenvalue weighted by molar-refractivity contribution is -0.119. The summed E-state index contributed by atoms with van der Waals surface area (Å²) >= 11 is 5.84. The maximum Gasteiger partial charge on any atom is 0.250 e. The summed E-state index contributed by atoms with van der Waals surface area (Å²) in [6, 6.07) is 15.6. The van der Waals surface area contributed by atoms with Crippen molar-refractivity contribution in [2.75, 3.05) is 37.7 Å². The minimum atomic E-state index is -0.199. The van der Waals surface area contributed by atoms with Crippen LogP contribution in [0.5, 0.6) is 0 Å². The number of thiocarbonyl (C=S) groups is 1. The molecule has 3 heterocycles. The lowest BCUT2D eigenvalue weighted by atomic mass is 9.96. The molecule has 3 aromatic rings. The van der Waals surface area contributed by atoms with Gasteiger partial charge >= 0.3 is 0 Å². The molecule has 1 amide bonds. The van der Waals surface area contributed by atoms with E-state index in [1.165, 1.54) is 24.1 Å². The topological polar surface area (TPSA) is 80.7 Å². The van der Waals surface area contributed by atoms with Gasteiger partial charge in [-0.05, 0) is 74.1 Å². The van der Waals surface area contributed by atoms with E-state index >= 15 is 0 Å². The smallest absolute Gasteiger partial charge is 0.250 e. The Morgan fingerprint density at radius 2 is 1.91 bits per heavy atom. The number of carbonyl (C=O) groups excluding carboxylic acids is 1. The third kappa shape index (κ3) is 5.22. The van der Waals surface area contributed by atoms with Crippen molar-refractivity contribution in [2.45, 2.75) is 32.5 Å². The molecular weight excluding hydrogens is 462 g/mol. The van der Waals surface area contributed by atoms with E-state index in [-0.39, 0.29) is 24.6 Å². The van der Waals surface area contributed by atoms with E-state index in [4.69, 9.17) is 21.7 Å². The van der Waals surface area contributed by atoms with Crippen molar-refractivity contribution in [3.63, 3.8) is 0 Å². The molecule has 2 aromatic heterocycles. The van der Waals surface area contributed by atoms with Crippen LogP contribution in [0.1, 0.15) is 34.7 Å². The van der Waals surface area contributed by atoms with E-state index in [9.17, 15) is 4.79 Å². The summed E-state index contributed by atoms with van der Waals surface area (Å²) in [5.74, 6) is -0.199. The van der Waals surface area contributed by atoms with Gasteiger partial charge in [-0.2, -0.15) is 0 Å². The van der Waals surface area contributed by atoms with Crippen molar-refractivity contribution in [3.05, 3.63) is 77.4 Å². The van der Waals surface area contributed by atoms with E-state index in [1.807, 2.05) is 42.5 Å². The first-order chi connectivity index (χ1) is 16.9. The van der Waals surface area contributed by atoms with E-state index in [0.29, 0.717) is 17.4 Å². The number of nitrogens with one attached hydrogen (secondary N) is 2. The molecule has 0 saturated carbocycles. The van der Waals surface area contributed by atoms with Gasteiger partial charge in [0.25, 0.3) is 0 Å². The summed E-state index contributed by atoms with van der Waals surface area (Å²) in [7, 11) is 3.21. The first-order valence-electron chi connectivity index (χ1n) is 11.5. The molecule has 2 atom stereocenters. The van der Waals surface area contributed by atoms with Crippen molar-refractivity contribution in [3.8, 4) is 0 Å². The molecule has 0 spiro atoms. The minimum Gasteiger partial charge on any atom is -0.383 e. The molecule has 1 aliphatic rings. The monoisotopic (exact) mass is 493 g/mol. The van der Waals surface area contributed by atoms with Gasteiger partial charge < -0.3 is 29.6 Å². The normalized spacial score (nSPS) is 17.5. The van der Waals surface area contributed by atoms with Gasteiger partial charge in [-0.15, -0.1) is 0 Å². The molecule has 8 nitrogen and oxygen atoms in total. The second-order valence-electron chi connectivity index (χ2n) is 8.50. The maximum absolute atomic E-state index is 11.9. The third-order valence-corrected chi connectivity index (χ3v) is 6.57. The highest BCUT2D eigenvalue weighted by molar-refractivity contribution is 7.80. The molecule has 9 heteroatoms. The van der Waals surface area contributed by atoms with Crippen LogP contribution in [0.2, 0.25) is 0 Å². The Balaban J connectivity index is 1.73. The highest BCUT2D eigenvalue weighted by Crippen LogP contribution is 2.43. The summed E-state index contributed by atoms with van der Waals surface area (Å²) in [5.41, 5.74) is 6.07. The summed E-state index contributed by atoms with van der Waals surface area (Å²) in [4.78, 5) is 18.7. The highest BCUT2D eigenvalue weighted by Gasteiger charge is 2.42. The van der Waals surface area contributed by atoms with Crippen LogP contribution >= 0.6 is 12.2 Å². The van der Waals surface area contributed by atoms with E-state index < -0.39 is 0 Å². The van der Waals surface area contributed by atoms with Gasteiger partial charge in [-0.3, -0.25) is 9.78 Å². The summed E-state index contributed by atoms with van der Waals surface area (Å²) in [5, 5.41) is 6.97. The Kier molecular flexibility index (Phi) is 7.80. The number of aryl methyl sites for hydroxylation is 1. The lowest BCUT2D eigenvalue weighted by Gasteiger charge is -2.28. The number of pyridine rings is 1. The van der Waals surface area contributed by atoms with Gasteiger partial charge in [0.05, 0.1) is 24.4 Å². The molecule has 1 fully saturated rings. The number of hydrogen-bond acceptors (Lipinski definition) is 5. The number of nitrogens with zero attached hydrogens (tertiary/aromatic N) is 3. The van der Waals surface area contributed by atoms with Crippen molar-refractivity contribution < 1.29 is 14.3 Å². The largest absolute Gasteiger partial charge is 0.383 e. The second-order valence-corrected chi connectivity index (χ2v) is 8.88. The van der Waals surface area contributed by atoms with Crippen LogP contribution in [0.3, 0.4) is 0 Å². The van der Waals surface area contributed by atoms with Gasteiger partial charge in [0, 0.05) is 49.7 Å². The van der Waals surface area contributed by atoms with Gasteiger partial charge in [0.15, 0.2) is 5.11 Å². The van der Waals surface area contributed by atoms with Gasteiger partial charge in [-0.25, -0.2) is 0 Å². The fraction of sp³-hybridized carbons (Fsp3) is 0.346. The predicted molar refractivity (Wildman–Crippen MR) is 141 cm³/mol. The average molecular weight is 494 g/mol. The second kappa shape index (κ2) is 11.0. The van der Waals surface area contributed by atoms with Crippen LogP contribution in [0, 0.1) is 13.8 Å². The van der Waals surface area contributed by atoms with Crippen molar-refractivity contribution >= 4 is 34.6 Å². The Hall–Kier alpha value is -3.27. The third-order valence-electron chi connectivity index (χ3n) is 6.25. The lowest BCUT2D eigenvalue weighted by Crippen LogP contribution is -2.29. The molecule has 1 aromatic carbocycles. The number of methoxy groups -OCH3 is 2. The molecule has 2 unspecified atom stereocenters. The number of ether oxygens (including phenoxy) is 2. The van der Waals surface area contributed by atoms with Crippen molar-refractivity contribution in [2.24, 2.45) is 0 Å². The summed E-state index contributed by atoms with van der Waals surface area (Å²) in [6.07, 6.45) is 1.80. The first kappa shape index (κ1) is 24.8. The number of anilines is 2. The van der Waals surface area contributed by atoms with Crippen LogP contribution < -0.4 is 15.5 Å². The number of amides is 1. The number of rotatable bonds is 9. The molecule has 1 aliphatic heterocycles. The predicted octanol–water partition coefficient (Wildman–Crippen LogP) is 3.91. The fourth-order valence-electron chi connectivity index (χ4n) is 4.64. The molecule has 2 N–H and O–H groups in total. The molecule has 184 valence electrons. The quantitative estimate of drug-likeness (QED) is 0.438. The minimum absolute atomic E-state index is 0.00833. The zero-order chi connectivity index (χ0) is 24.9. The van der Waals surface area contributed by atoms with Crippen LogP contribution in [0.4, 0.5) is 11.4 Å². The highest BCUT2D eigenvalue weighted by atomic mass is 32.1.